The van der Waals surface area contributed by atoms with Crippen LogP contribution in [-0.2, 0) is 15.6 Å². The van der Waals surface area contributed by atoms with Crippen LogP contribution >= 0.6 is 0 Å². The zero-order chi connectivity index (χ0) is 18.6. The molecule has 0 unspecified atom stereocenters. The molecular weight excluding hydrogens is 354 g/mol. The Balaban J connectivity index is 1.96. The Labute approximate surface area is 150 Å². The molecule has 3 rings (SSSR count). The Kier molecular flexibility index (Phi) is 4.99. The minimum atomic E-state index is -3.72. The molecule has 0 aliphatic carbocycles. The minimum Gasteiger partial charge on any atom is -0.457 e. The second-order valence-corrected chi connectivity index (χ2v) is 7.52. The molecule has 0 aromatic heterocycles. The highest BCUT2D eigenvalue weighted by Gasteiger charge is 2.22. The Hall–Kier alpha value is -3.19. The number of benzene rings is 3. The zero-order valence-electron chi connectivity index (χ0n) is 13.6. The maximum Gasteiger partial charge on any atom is 0.273 e. The number of rotatable bonds is 6. The molecular formula is C19H15NO5S. The van der Waals surface area contributed by atoms with E-state index in [1.54, 1.807) is 42.5 Å². The van der Waals surface area contributed by atoms with Gasteiger partial charge in [-0.15, -0.1) is 0 Å². The fourth-order valence-corrected chi connectivity index (χ4v) is 3.84. The highest BCUT2D eigenvalue weighted by molar-refractivity contribution is 7.90. The fraction of sp³-hybridized carbons (Fsp3) is 0.0526. The van der Waals surface area contributed by atoms with Crippen molar-refractivity contribution in [3.05, 3.63) is 94.5 Å². The Morgan fingerprint density at radius 1 is 0.846 bits per heavy atom. The van der Waals surface area contributed by atoms with Gasteiger partial charge in [0.2, 0.25) is 0 Å². The summed E-state index contributed by atoms with van der Waals surface area (Å²) in [5.41, 5.74) is -0.183. The number of hydrogen-bond donors (Lipinski definition) is 0. The first-order chi connectivity index (χ1) is 12.5. The van der Waals surface area contributed by atoms with Gasteiger partial charge in [0.15, 0.2) is 9.84 Å². The Bertz CT molecular complexity index is 1020. The summed E-state index contributed by atoms with van der Waals surface area (Å²) in [7, 11) is -3.72. The quantitative estimate of drug-likeness (QED) is 0.476. The smallest absolute Gasteiger partial charge is 0.273 e. The summed E-state index contributed by atoms with van der Waals surface area (Å²) in [5, 5.41) is 11.3. The first-order valence-corrected chi connectivity index (χ1v) is 9.39. The van der Waals surface area contributed by atoms with Crippen LogP contribution in [0, 0.1) is 10.1 Å². The molecule has 0 atom stereocenters. The van der Waals surface area contributed by atoms with Gasteiger partial charge in [-0.25, -0.2) is 8.42 Å². The average Bonchev–Trinajstić information content (AvgIpc) is 2.63. The molecule has 132 valence electrons. The van der Waals surface area contributed by atoms with E-state index >= 15 is 0 Å². The summed E-state index contributed by atoms with van der Waals surface area (Å²) in [6.07, 6.45) is 0. The zero-order valence-corrected chi connectivity index (χ0v) is 14.4. The molecule has 3 aromatic rings. The second kappa shape index (κ2) is 7.37. The molecule has 0 saturated carbocycles. The lowest BCUT2D eigenvalue weighted by molar-refractivity contribution is -0.385. The van der Waals surface area contributed by atoms with Crippen molar-refractivity contribution in [3.8, 4) is 11.5 Å². The molecule has 26 heavy (non-hydrogen) atoms. The van der Waals surface area contributed by atoms with Gasteiger partial charge in [0.25, 0.3) is 5.69 Å². The van der Waals surface area contributed by atoms with Crippen molar-refractivity contribution in [1.82, 2.24) is 0 Å². The van der Waals surface area contributed by atoms with E-state index < -0.39 is 20.5 Å². The van der Waals surface area contributed by atoms with E-state index in [-0.39, 0.29) is 16.1 Å². The van der Waals surface area contributed by atoms with Crippen LogP contribution in [-0.4, -0.2) is 13.3 Å². The van der Waals surface area contributed by atoms with Crippen LogP contribution in [0.15, 0.2) is 83.8 Å². The monoisotopic (exact) mass is 369 g/mol. The van der Waals surface area contributed by atoms with E-state index in [4.69, 9.17) is 4.74 Å². The van der Waals surface area contributed by atoms with Gasteiger partial charge in [-0.3, -0.25) is 10.1 Å². The normalized spacial score (nSPS) is 11.1. The van der Waals surface area contributed by atoms with Crippen LogP contribution in [0.25, 0.3) is 0 Å². The van der Waals surface area contributed by atoms with E-state index in [1.165, 1.54) is 30.3 Å². The lowest BCUT2D eigenvalue weighted by Gasteiger charge is -2.09. The van der Waals surface area contributed by atoms with Gasteiger partial charge in [0.1, 0.15) is 11.5 Å². The molecule has 0 aliphatic rings. The Morgan fingerprint density at radius 3 is 2.08 bits per heavy atom. The summed E-state index contributed by atoms with van der Waals surface area (Å²) >= 11 is 0. The standard InChI is InChI=1S/C19H15NO5S/c21-20(22)19-12-11-17(25-16-7-3-1-4-8-16)13-15(19)14-26(23,24)18-9-5-2-6-10-18/h1-13H,14H2. The van der Waals surface area contributed by atoms with Gasteiger partial charge in [-0.2, -0.15) is 0 Å². The minimum absolute atomic E-state index is 0.0762. The van der Waals surface area contributed by atoms with Crippen LogP contribution in [0.1, 0.15) is 5.56 Å². The van der Waals surface area contributed by atoms with E-state index in [0.717, 1.165) is 0 Å². The van der Waals surface area contributed by atoms with Gasteiger partial charge in [0, 0.05) is 11.6 Å². The first kappa shape index (κ1) is 17.6. The third kappa shape index (κ3) is 4.07. The van der Waals surface area contributed by atoms with Gasteiger partial charge < -0.3 is 4.74 Å². The van der Waals surface area contributed by atoms with Gasteiger partial charge >= 0.3 is 0 Å². The molecule has 0 bridgehead atoms. The molecule has 0 N–H and O–H groups in total. The predicted molar refractivity (Wildman–Crippen MR) is 96.9 cm³/mol. The van der Waals surface area contributed by atoms with E-state index in [2.05, 4.69) is 0 Å². The van der Waals surface area contributed by atoms with Crippen molar-refractivity contribution >= 4 is 15.5 Å². The Morgan fingerprint density at radius 2 is 1.46 bits per heavy atom. The lowest BCUT2D eigenvalue weighted by atomic mass is 10.2. The molecule has 0 aliphatic heterocycles. The summed E-state index contributed by atoms with van der Waals surface area (Å²) in [5.74, 6) is 0.401. The SMILES string of the molecule is O=[N+]([O-])c1ccc(Oc2ccccc2)cc1CS(=O)(=O)c1ccccc1. The third-order valence-electron chi connectivity index (χ3n) is 3.67. The molecule has 0 amide bonds. The number of sulfone groups is 1. The van der Waals surface area contributed by atoms with Crippen LogP contribution < -0.4 is 4.74 Å². The number of hydrogen-bond acceptors (Lipinski definition) is 5. The van der Waals surface area contributed by atoms with Crippen molar-refractivity contribution < 1.29 is 18.1 Å². The van der Waals surface area contributed by atoms with Crippen LogP contribution in [0.2, 0.25) is 0 Å². The second-order valence-electron chi connectivity index (χ2n) is 5.53. The van der Waals surface area contributed by atoms with E-state index in [9.17, 15) is 18.5 Å². The first-order valence-electron chi connectivity index (χ1n) is 7.74. The number of ether oxygens (including phenoxy) is 1. The van der Waals surface area contributed by atoms with Crippen molar-refractivity contribution in [2.45, 2.75) is 10.6 Å². The maximum atomic E-state index is 12.6. The number of nitrogens with zero attached hydrogens (tertiary/aromatic N) is 1. The largest absolute Gasteiger partial charge is 0.457 e. The topological polar surface area (TPSA) is 86.5 Å². The highest BCUT2D eigenvalue weighted by atomic mass is 32.2. The van der Waals surface area contributed by atoms with Crippen LogP contribution in [0.5, 0.6) is 11.5 Å². The summed E-state index contributed by atoms with van der Waals surface area (Å²) in [4.78, 5) is 10.8. The van der Waals surface area contributed by atoms with E-state index in [0.29, 0.717) is 11.5 Å². The number of nitro groups is 1. The molecule has 0 radical (unpaired) electrons. The van der Waals surface area contributed by atoms with Gasteiger partial charge in [0.05, 0.1) is 15.6 Å². The highest BCUT2D eigenvalue weighted by Crippen LogP contribution is 2.30. The summed E-state index contributed by atoms with van der Waals surface area (Å²) in [6, 6.07) is 20.8. The van der Waals surface area contributed by atoms with Crippen molar-refractivity contribution in [2.75, 3.05) is 0 Å². The lowest BCUT2D eigenvalue weighted by Crippen LogP contribution is -2.07. The number of para-hydroxylation sites is 1. The van der Waals surface area contributed by atoms with Gasteiger partial charge in [-0.1, -0.05) is 36.4 Å². The molecule has 7 heteroatoms. The third-order valence-corrected chi connectivity index (χ3v) is 5.36. The maximum absolute atomic E-state index is 12.6. The van der Waals surface area contributed by atoms with Crippen molar-refractivity contribution in [1.29, 1.82) is 0 Å². The fourth-order valence-electron chi connectivity index (χ4n) is 2.46. The summed E-state index contributed by atoms with van der Waals surface area (Å²) in [6.45, 7) is 0. The van der Waals surface area contributed by atoms with Gasteiger partial charge in [-0.05, 0) is 36.4 Å². The predicted octanol–water partition coefficient (Wildman–Crippen LogP) is 4.36. The molecule has 3 aromatic carbocycles. The number of nitro benzene ring substituents is 1. The van der Waals surface area contributed by atoms with Crippen LogP contribution in [0.4, 0.5) is 5.69 Å². The molecule has 0 fully saturated rings. The molecule has 0 heterocycles. The summed E-state index contributed by atoms with van der Waals surface area (Å²) < 4.78 is 30.8. The average molecular weight is 369 g/mol. The molecule has 6 nitrogen and oxygen atoms in total. The van der Waals surface area contributed by atoms with Crippen LogP contribution in [0.3, 0.4) is 0 Å². The molecule has 0 saturated heterocycles. The van der Waals surface area contributed by atoms with Crippen molar-refractivity contribution in [2.24, 2.45) is 0 Å². The van der Waals surface area contributed by atoms with Crippen molar-refractivity contribution in [3.63, 3.8) is 0 Å². The molecule has 0 spiro atoms. The van der Waals surface area contributed by atoms with E-state index in [1.807, 2.05) is 6.07 Å².